The van der Waals surface area contributed by atoms with Crippen LogP contribution in [0.5, 0.6) is 0 Å². The van der Waals surface area contributed by atoms with Crippen LogP contribution in [0, 0.1) is 17.8 Å². The fraction of sp³-hybridized carbons (Fsp3) is 0.407. The lowest BCUT2D eigenvalue weighted by molar-refractivity contribution is 0.312. The minimum Gasteiger partial charge on any atom is -0.103 e. The predicted molar refractivity (Wildman–Crippen MR) is 117 cm³/mol. The molecular formula is C27H32. The van der Waals surface area contributed by atoms with E-state index in [1.807, 2.05) is 0 Å². The van der Waals surface area contributed by atoms with E-state index in [1.165, 1.54) is 56.1 Å². The van der Waals surface area contributed by atoms with Crippen LogP contribution in [0.4, 0.5) is 0 Å². The van der Waals surface area contributed by atoms with Crippen LogP contribution in [0.2, 0.25) is 0 Å². The number of rotatable bonds is 6. The summed E-state index contributed by atoms with van der Waals surface area (Å²) in [6, 6.07) is 17.6. The van der Waals surface area contributed by atoms with Gasteiger partial charge in [0.05, 0.1) is 0 Å². The molecule has 1 aliphatic carbocycles. The van der Waals surface area contributed by atoms with Crippen LogP contribution < -0.4 is 0 Å². The molecule has 1 aliphatic rings. The molecule has 0 saturated heterocycles. The molecule has 0 bridgehead atoms. The number of hydrogen-bond donors (Lipinski definition) is 0. The van der Waals surface area contributed by atoms with Gasteiger partial charge in [0.15, 0.2) is 0 Å². The topological polar surface area (TPSA) is 0 Å². The molecule has 2 aromatic rings. The van der Waals surface area contributed by atoms with E-state index in [4.69, 9.17) is 0 Å². The average Bonchev–Trinajstić information content (AvgIpc) is 2.73. The van der Waals surface area contributed by atoms with Crippen molar-refractivity contribution in [2.45, 2.75) is 64.2 Å². The van der Waals surface area contributed by atoms with E-state index in [-0.39, 0.29) is 0 Å². The first-order valence-electron chi connectivity index (χ1n) is 10.6. The Bertz CT molecular complexity index is 760. The van der Waals surface area contributed by atoms with E-state index in [1.54, 1.807) is 0 Å². The number of hydrogen-bond acceptors (Lipinski definition) is 0. The quantitative estimate of drug-likeness (QED) is 0.377. The summed E-state index contributed by atoms with van der Waals surface area (Å²) in [5, 5.41) is 0. The van der Waals surface area contributed by atoms with E-state index in [9.17, 15) is 0 Å². The largest absolute Gasteiger partial charge is 0.103 e. The van der Waals surface area contributed by atoms with Gasteiger partial charge in [0, 0.05) is 11.1 Å². The maximum atomic E-state index is 3.85. The molecule has 0 spiro atoms. The Kier molecular flexibility index (Phi) is 7.35. The Morgan fingerprint density at radius 1 is 0.889 bits per heavy atom. The van der Waals surface area contributed by atoms with Gasteiger partial charge in [0.2, 0.25) is 0 Å². The summed E-state index contributed by atoms with van der Waals surface area (Å²) in [6.45, 7) is 6.06. The van der Waals surface area contributed by atoms with Crippen LogP contribution in [0.15, 0.2) is 61.2 Å². The summed E-state index contributed by atoms with van der Waals surface area (Å²) < 4.78 is 0. The van der Waals surface area contributed by atoms with Crippen molar-refractivity contribution >= 4 is 0 Å². The Morgan fingerprint density at radius 3 is 2.04 bits per heavy atom. The normalized spacial score (nSPS) is 19.1. The third kappa shape index (κ3) is 5.86. The lowest BCUT2D eigenvalue weighted by Crippen LogP contribution is -2.13. The standard InChI is InChI=1S/C27H32/c1-3-5-7-23-14-18-26(19-15-23)27-20-16-25(17-21-27)13-12-24-10-8-22(6-4-2)9-11-24/h3,8-11,16-17,20-21,23,26H,1,4-7,14-15,18-19H2,2H3. The van der Waals surface area contributed by atoms with Crippen molar-refractivity contribution in [2.75, 3.05) is 0 Å². The fourth-order valence-electron chi connectivity index (χ4n) is 4.16. The first kappa shape index (κ1) is 19.5. The summed E-state index contributed by atoms with van der Waals surface area (Å²) in [4.78, 5) is 0. The van der Waals surface area contributed by atoms with Gasteiger partial charge in [-0.1, -0.05) is 55.5 Å². The van der Waals surface area contributed by atoms with Crippen LogP contribution in [-0.2, 0) is 6.42 Å². The Hall–Kier alpha value is -2.26. The number of aryl methyl sites for hydroxylation is 1. The molecule has 3 rings (SSSR count). The zero-order chi connectivity index (χ0) is 18.9. The molecule has 0 N–H and O–H groups in total. The van der Waals surface area contributed by atoms with Crippen LogP contribution in [-0.4, -0.2) is 0 Å². The SMILES string of the molecule is C=CCCC1CCC(c2ccc(C#Cc3ccc(CCC)cc3)cc2)CC1. The highest BCUT2D eigenvalue weighted by Gasteiger charge is 2.21. The molecule has 0 aliphatic heterocycles. The smallest absolute Gasteiger partial charge is 0.0249 e. The summed E-state index contributed by atoms with van der Waals surface area (Å²) in [5.41, 5.74) is 5.09. The van der Waals surface area contributed by atoms with E-state index < -0.39 is 0 Å². The fourth-order valence-corrected chi connectivity index (χ4v) is 4.16. The van der Waals surface area contributed by atoms with Crippen molar-refractivity contribution in [1.29, 1.82) is 0 Å². The van der Waals surface area contributed by atoms with Crippen molar-refractivity contribution < 1.29 is 0 Å². The Morgan fingerprint density at radius 2 is 1.48 bits per heavy atom. The first-order valence-corrected chi connectivity index (χ1v) is 10.6. The third-order valence-electron chi connectivity index (χ3n) is 5.85. The van der Waals surface area contributed by atoms with Gasteiger partial charge in [0.25, 0.3) is 0 Å². The van der Waals surface area contributed by atoms with Crippen LogP contribution in [0.3, 0.4) is 0 Å². The predicted octanol–water partition coefficient (Wildman–Crippen LogP) is 7.28. The van der Waals surface area contributed by atoms with Crippen molar-refractivity contribution in [1.82, 2.24) is 0 Å². The Balaban J connectivity index is 1.56. The molecule has 0 aromatic heterocycles. The molecule has 0 radical (unpaired) electrons. The van der Waals surface area contributed by atoms with Gasteiger partial charge in [-0.2, -0.15) is 0 Å². The van der Waals surface area contributed by atoms with Gasteiger partial charge in [-0.25, -0.2) is 0 Å². The molecular weight excluding hydrogens is 324 g/mol. The molecule has 0 heteroatoms. The van der Waals surface area contributed by atoms with Crippen LogP contribution in [0.1, 0.15) is 80.0 Å². The van der Waals surface area contributed by atoms with Crippen LogP contribution >= 0.6 is 0 Å². The van der Waals surface area contributed by atoms with E-state index >= 15 is 0 Å². The molecule has 0 unspecified atom stereocenters. The maximum absolute atomic E-state index is 3.85. The molecule has 2 aromatic carbocycles. The molecule has 1 saturated carbocycles. The van der Waals surface area contributed by atoms with Gasteiger partial charge < -0.3 is 0 Å². The second-order valence-electron chi connectivity index (χ2n) is 7.90. The van der Waals surface area contributed by atoms with Gasteiger partial charge in [0.1, 0.15) is 0 Å². The molecule has 27 heavy (non-hydrogen) atoms. The summed E-state index contributed by atoms with van der Waals surface area (Å²) in [7, 11) is 0. The number of allylic oxidation sites excluding steroid dienone is 1. The van der Waals surface area contributed by atoms with Gasteiger partial charge in [-0.3, -0.25) is 0 Å². The van der Waals surface area contributed by atoms with Crippen molar-refractivity contribution in [3.05, 3.63) is 83.4 Å². The molecule has 140 valence electrons. The zero-order valence-corrected chi connectivity index (χ0v) is 16.7. The van der Waals surface area contributed by atoms with Crippen molar-refractivity contribution in [2.24, 2.45) is 5.92 Å². The lowest BCUT2D eigenvalue weighted by Gasteiger charge is -2.28. The molecule has 0 nitrogen and oxygen atoms in total. The monoisotopic (exact) mass is 356 g/mol. The van der Waals surface area contributed by atoms with E-state index in [0.717, 1.165) is 29.4 Å². The van der Waals surface area contributed by atoms with E-state index in [0.29, 0.717) is 0 Å². The zero-order valence-electron chi connectivity index (χ0n) is 16.7. The van der Waals surface area contributed by atoms with E-state index in [2.05, 4.69) is 80.0 Å². The first-order chi connectivity index (χ1) is 13.3. The number of benzene rings is 2. The second kappa shape index (κ2) is 10.2. The average molecular weight is 357 g/mol. The highest BCUT2D eigenvalue weighted by Crippen LogP contribution is 2.37. The molecule has 0 amide bonds. The minimum absolute atomic E-state index is 0.734. The molecule has 0 atom stereocenters. The maximum Gasteiger partial charge on any atom is 0.0249 e. The van der Waals surface area contributed by atoms with Gasteiger partial charge in [-0.05, 0) is 92.2 Å². The van der Waals surface area contributed by atoms with Gasteiger partial charge in [-0.15, -0.1) is 6.58 Å². The summed E-state index contributed by atoms with van der Waals surface area (Å²) >= 11 is 0. The summed E-state index contributed by atoms with van der Waals surface area (Å²) in [6.07, 6.45) is 12.3. The Labute approximate surface area is 165 Å². The molecule has 1 fully saturated rings. The lowest BCUT2D eigenvalue weighted by atomic mass is 9.77. The second-order valence-corrected chi connectivity index (χ2v) is 7.90. The van der Waals surface area contributed by atoms with Crippen molar-refractivity contribution in [3.8, 4) is 11.8 Å². The van der Waals surface area contributed by atoms with Crippen molar-refractivity contribution in [3.63, 3.8) is 0 Å². The minimum atomic E-state index is 0.734. The third-order valence-corrected chi connectivity index (χ3v) is 5.85. The van der Waals surface area contributed by atoms with Gasteiger partial charge >= 0.3 is 0 Å². The van der Waals surface area contributed by atoms with Crippen LogP contribution in [0.25, 0.3) is 0 Å². The summed E-state index contributed by atoms with van der Waals surface area (Å²) in [5.74, 6) is 8.25. The highest BCUT2D eigenvalue weighted by atomic mass is 14.3. The molecule has 0 heterocycles. The highest BCUT2D eigenvalue weighted by molar-refractivity contribution is 5.44.